The van der Waals surface area contributed by atoms with Crippen LogP contribution in [0, 0.1) is 28.6 Å². The minimum absolute atomic E-state index is 0.0444. The number of benzene rings is 1. The van der Waals surface area contributed by atoms with E-state index in [2.05, 4.69) is 6.92 Å². The molecule has 4 saturated carbocycles. The predicted octanol–water partition coefficient (Wildman–Crippen LogP) is 4.06. The molecule has 9 unspecified atom stereocenters. The van der Waals surface area contributed by atoms with E-state index in [1.807, 2.05) is 37.3 Å². The molecule has 4 aliphatic rings. The van der Waals surface area contributed by atoms with E-state index in [4.69, 9.17) is 4.74 Å². The summed E-state index contributed by atoms with van der Waals surface area (Å²) in [4.78, 5) is 25.9. The maximum absolute atomic E-state index is 13.1. The van der Waals surface area contributed by atoms with Gasteiger partial charge in [-0.25, -0.2) is 4.79 Å². The van der Waals surface area contributed by atoms with E-state index in [0.29, 0.717) is 38.5 Å². The Morgan fingerprint density at radius 2 is 1.72 bits per heavy atom. The van der Waals surface area contributed by atoms with E-state index < -0.39 is 34.6 Å². The fourth-order valence-electron chi connectivity index (χ4n) is 8.92. The van der Waals surface area contributed by atoms with Crippen molar-refractivity contribution in [3.8, 4) is 0 Å². The minimum atomic E-state index is -1.54. The fourth-order valence-corrected chi connectivity index (χ4v) is 8.92. The molecular formula is C30H40O6. The van der Waals surface area contributed by atoms with E-state index in [1.54, 1.807) is 6.08 Å². The molecule has 0 spiro atoms. The molecule has 0 aliphatic heterocycles. The summed E-state index contributed by atoms with van der Waals surface area (Å²) in [6.45, 7) is 5.56. The van der Waals surface area contributed by atoms with Gasteiger partial charge in [0.1, 0.15) is 17.5 Å². The average molecular weight is 497 g/mol. The Morgan fingerprint density at radius 1 is 1.00 bits per heavy atom. The van der Waals surface area contributed by atoms with Gasteiger partial charge in [-0.05, 0) is 87.2 Å². The number of esters is 1. The van der Waals surface area contributed by atoms with Gasteiger partial charge in [-0.3, -0.25) is 4.79 Å². The third-order valence-corrected chi connectivity index (χ3v) is 11.0. The summed E-state index contributed by atoms with van der Waals surface area (Å²) in [7, 11) is 0. The molecule has 196 valence electrons. The van der Waals surface area contributed by atoms with Crippen LogP contribution >= 0.6 is 0 Å². The van der Waals surface area contributed by atoms with E-state index in [9.17, 15) is 24.9 Å². The number of rotatable bonds is 4. The molecule has 36 heavy (non-hydrogen) atoms. The number of fused-ring (bicyclic) bond motifs is 5. The van der Waals surface area contributed by atoms with Crippen molar-refractivity contribution >= 4 is 17.8 Å². The highest BCUT2D eigenvalue weighted by molar-refractivity contribution is 5.87. The lowest BCUT2D eigenvalue weighted by Crippen LogP contribution is -2.76. The number of ketones is 1. The molecule has 0 heterocycles. The first kappa shape index (κ1) is 25.6. The number of Topliss-reactive ketones (excluding diaryl/α,β-unsaturated/α-hetero) is 1. The summed E-state index contributed by atoms with van der Waals surface area (Å²) >= 11 is 0. The van der Waals surface area contributed by atoms with Crippen molar-refractivity contribution in [3.63, 3.8) is 0 Å². The molecule has 0 bridgehead atoms. The van der Waals surface area contributed by atoms with Gasteiger partial charge in [0.15, 0.2) is 0 Å². The molecule has 0 amide bonds. The Hall–Kier alpha value is -2.02. The van der Waals surface area contributed by atoms with Gasteiger partial charge in [-0.2, -0.15) is 0 Å². The summed E-state index contributed by atoms with van der Waals surface area (Å²) in [6.07, 6.45) is 6.49. The van der Waals surface area contributed by atoms with Crippen LogP contribution in [0.25, 0.3) is 6.08 Å². The molecule has 1 aromatic carbocycles. The van der Waals surface area contributed by atoms with Gasteiger partial charge in [-0.15, -0.1) is 0 Å². The van der Waals surface area contributed by atoms with Gasteiger partial charge in [0.2, 0.25) is 0 Å². The molecule has 6 nitrogen and oxygen atoms in total. The van der Waals surface area contributed by atoms with E-state index in [1.165, 1.54) is 13.0 Å². The Bertz CT molecular complexity index is 1050. The maximum Gasteiger partial charge on any atom is 0.331 e. The average Bonchev–Trinajstić information content (AvgIpc) is 3.14. The van der Waals surface area contributed by atoms with E-state index in [-0.39, 0.29) is 29.1 Å². The molecule has 9 atom stereocenters. The normalized spacial score (nSPS) is 46.0. The van der Waals surface area contributed by atoms with Gasteiger partial charge in [-0.1, -0.05) is 44.2 Å². The zero-order valence-corrected chi connectivity index (χ0v) is 21.7. The van der Waals surface area contributed by atoms with Crippen molar-refractivity contribution in [3.05, 3.63) is 42.0 Å². The number of aliphatic hydroxyl groups is 3. The lowest BCUT2D eigenvalue weighted by atomic mass is 9.40. The summed E-state index contributed by atoms with van der Waals surface area (Å²) in [5, 5.41) is 35.2. The third-order valence-electron chi connectivity index (χ3n) is 11.0. The maximum atomic E-state index is 13.1. The Kier molecular flexibility index (Phi) is 6.25. The first-order chi connectivity index (χ1) is 17.0. The first-order valence-corrected chi connectivity index (χ1v) is 13.5. The molecule has 4 aliphatic carbocycles. The molecular weight excluding hydrogens is 456 g/mol. The van der Waals surface area contributed by atoms with Crippen LogP contribution in [-0.2, 0) is 14.3 Å². The summed E-state index contributed by atoms with van der Waals surface area (Å²) in [6, 6.07) is 9.49. The fraction of sp³-hybridized carbons (Fsp3) is 0.667. The van der Waals surface area contributed by atoms with Crippen molar-refractivity contribution in [1.82, 2.24) is 0 Å². The third kappa shape index (κ3) is 3.55. The molecule has 6 heteroatoms. The topological polar surface area (TPSA) is 104 Å². The highest BCUT2D eigenvalue weighted by atomic mass is 16.5. The number of ether oxygens (including phenoxy) is 1. The number of hydrogen-bond donors (Lipinski definition) is 3. The van der Waals surface area contributed by atoms with Crippen LogP contribution in [-0.4, -0.2) is 50.5 Å². The van der Waals surface area contributed by atoms with Crippen molar-refractivity contribution in [2.24, 2.45) is 28.6 Å². The summed E-state index contributed by atoms with van der Waals surface area (Å²) < 4.78 is 6.12. The molecule has 1 aromatic rings. The predicted molar refractivity (Wildman–Crippen MR) is 136 cm³/mol. The van der Waals surface area contributed by atoms with Gasteiger partial charge in [0.25, 0.3) is 0 Å². The Morgan fingerprint density at radius 3 is 2.42 bits per heavy atom. The second kappa shape index (κ2) is 8.78. The molecule has 0 saturated heterocycles. The van der Waals surface area contributed by atoms with Crippen LogP contribution in [0.15, 0.2) is 36.4 Å². The quantitative estimate of drug-likeness (QED) is 0.429. The van der Waals surface area contributed by atoms with Crippen LogP contribution in [0.3, 0.4) is 0 Å². The Balaban J connectivity index is 1.53. The second-order valence-electron chi connectivity index (χ2n) is 12.4. The van der Waals surface area contributed by atoms with Crippen molar-refractivity contribution < 1.29 is 29.6 Å². The number of hydrogen-bond acceptors (Lipinski definition) is 6. The smallest absolute Gasteiger partial charge is 0.331 e. The standard InChI is InChI=1S/C30H40O6/c1-19(31)23-13-16-30(35)28(23,3)25(36-26(33)10-9-20-7-5-4-6-8-20)18-24-27(2)14-12-22(32)17-21(27)11-15-29(24,30)34/h4-10,21-25,32,34-35H,11-18H2,1-3H3. The Labute approximate surface area is 213 Å². The van der Waals surface area contributed by atoms with Crippen LogP contribution in [0.1, 0.15) is 77.7 Å². The molecule has 3 N–H and O–H groups in total. The van der Waals surface area contributed by atoms with Crippen molar-refractivity contribution in [1.29, 1.82) is 0 Å². The summed E-state index contributed by atoms with van der Waals surface area (Å²) in [5.74, 6) is -1.11. The highest BCUT2D eigenvalue weighted by Crippen LogP contribution is 2.71. The zero-order chi connectivity index (χ0) is 25.9. The number of carbonyl (C=O) groups is 2. The van der Waals surface area contributed by atoms with Crippen LogP contribution in [0.5, 0.6) is 0 Å². The monoisotopic (exact) mass is 496 g/mol. The van der Waals surface area contributed by atoms with Crippen molar-refractivity contribution in [2.75, 3.05) is 0 Å². The van der Waals surface area contributed by atoms with Crippen molar-refractivity contribution in [2.45, 2.75) is 95.5 Å². The van der Waals surface area contributed by atoms with Gasteiger partial charge in [0, 0.05) is 17.4 Å². The lowest BCUT2D eigenvalue weighted by molar-refractivity contribution is -0.320. The highest BCUT2D eigenvalue weighted by Gasteiger charge is 2.77. The van der Waals surface area contributed by atoms with Gasteiger partial charge < -0.3 is 20.1 Å². The first-order valence-electron chi connectivity index (χ1n) is 13.5. The number of aliphatic hydroxyl groups excluding tert-OH is 1. The minimum Gasteiger partial charge on any atom is -0.458 e. The van der Waals surface area contributed by atoms with E-state index in [0.717, 1.165) is 18.4 Å². The number of carbonyl (C=O) groups excluding carboxylic acids is 2. The van der Waals surface area contributed by atoms with Crippen LogP contribution in [0.2, 0.25) is 0 Å². The van der Waals surface area contributed by atoms with Crippen LogP contribution in [0.4, 0.5) is 0 Å². The largest absolute Gasteiger partial charge is 0.458 e. The molecule has 0 radical (unpaired) electrons. The molecule has 4 fully saturated rings. The zero-order valence-electron chi connectivity index (χ0n) is 21.7. The van der Waals surface area contributed by atoms with Crippen LogP contribution < -0.4 is 0 Å². The van der Waals surface area contributed by atoms with Gasteiger partial charge in [0.05, 0.1) is 11.7 Å². The van der Waals surface area contributed by atoms with E-state index >= 15 is 0 Å². The molecule has 5 rings (SSSR count). The molecule has 0 aromatic heterocycles. The second-order valence-corrected chi connectivity index (χ2v) is 12.4. The summed E-state index contributed by atoms with van der Waals surface area (Å²) in [5.41, 5.74) is -3.42. The SMILES string of the molecule is CC(=O)C1CCC2(O)C3(O)CCC4CC(O)CCC4(C)C3CC(OC(=O)C=Cc3ccccc3)C12C. The lowest BCUT2D eigenvalue weighted by Gasteiger charge is -2.68. The van der Waals surface area contributed by atoms with Gasteiger partial charge >= 0.3 is 5.97 Å².